The number of H-pyrrole nitrogens is 1. The van der Waals surface area contributed by atoms with E-state index in [1.807, 2.05) is 12.3 Å². The van der Waals surface area contributed by atoms with Gasteiger partial charge in [0, 0.05) is 29.4 Å². The van der Waals surface area contributed by atoms with Crippen molar-refractivity contribution in [1.82, 2.24) is 20.0 Å². The quantitative estimate of drug-likeness (QED) is 0.720. The first-order chi connectivity index (χ1) is 10.1. The van der Waals surface area contributed by atoms with Crippen molar-refractivity contribution in [2.24, 2.45) is 0 Å². The fourth-order valence-electron chi connectivity index (χ4n) is 2.12. The van der Waals surface area contributed by atoms with Crippen LogP contribution in [-0.4, -0.2) is 24.4 Å². The Bertz CT molecular complexity index is 703. The zero-order valence-electron chi connectivity index (χ0n) is 11.7. The lowest BCUT2D eigenvalue weighted by molar-refractivity contribution is 0.578. The highest BCUT2D eigenvalue weighted by Crippen LogP contribution is 2.28. The Morgan fingerprint density at radius 2 is 2.24 bits per heavy atom. The first kappa shape index (κ1) is 14.7. The highest BCUT2D eigenvalue weighted by Gasteiger charge is 2.25. The summed E-state index contributed by atoms with van der Waals surface area (Å²) in [4.78, 5) is 8.05. The Hall–Kier alpha value is -1.22. The Kier molecular flexibility index (Phi) is 4.12. The molecule has 8 heteroatoms. The molecule has 1 aliphatic rings. The fraction of sp³-hybridized carbons (Fsp3) is 0.462. The molecule has 0 aromatic carbocycles. The van der Waals surface area contributed by atoms with Crippen LogP contribution >= 0.6 is 11.3 Å². The third-order valence-electron chi connectivity index (χ3n) is 3.39. The number of aryl methyl sites for hydroxylation is 1. The zero-order valence-corrected chi connectivity index (χ0v) is 13.4. The van der Waals surface area contributed by atoms with E-state index in [2.05, 4.69) is 20.0 Å². The van der Waals surface area contributed by atoms with Gasteiger partial charge in [-0.05, 0) is 30.7 Å². The van der Waals surface area contributed by atoms with Crippen LogP contribution in [0.1, 0.15) is 29.0 Å². The van der Waals surface area contributed by atoms with Gasteiger partial charge in [-0.25, -0.2) is 18.1 Å². The number of hydrogen-bond donors (Lipinski definition) is 3. The van der Waals surface area contributed by atoms with E-state index >= 15 is 0 Å². The number of nitrogens with zero attached hydrogens (tertiary/aromatic N) is 1. The number of aromatic amines is 1. The average Bonchev–Trinajstić information content (AvgIpc) is 2.97. The van der Waals surface area contributed by atoms with Gasteiger partial charge in [0.2, 0.25) is 10.0 Å². The second-order valence-corrected chi connectivity index (χ2v) is 7.90. The second kappa shape index (κ2) is 5.88. The summed E-state index contributed by atoms with van der Waals surface area (Å²) in [6.07, 6.45) is 5.51. The molecule has 1 saturated carbocycles. The SMILES string of the molecule is Cc1csc(CNC2CC2)c1S(=O)(=O)NCc1cnc[nH]1. The van der Waals surface area contributed by atoms with Gasteiger partial charge in [-0.15, -0.1) is 11.3 Å². The highest BCUT2D eigenvalue weighted by atomic mass is 32.2. The van der Waals surface area contributed by atoms with E-state index in [-0.39, 0.29) is 6.54 Å². The summed E-state index contributed by atoms with van der Waals surface area (Å²) in [5.74, 6) is 0. The van der Waals surface area contributed by atoms with Gasteiger partial charge in [-0.1, -0.05) is 0 Å². The highest BCUT2D eigenvalue weighted by molar-refractivity contribution is 7.89. The smallest absolute Gasteiger partial charge is 0.242 e. The zero-order chi connectivity index (χ0) is 14.9. The van der Waals surface area contributed by atoms with E-state index in [1.165, 1.54) is 30.5 Å². The van der Waals surface area contributed by atoms with Gasteiger partial charge in [0.25, 0.3) is 0 Å². The molecule has 21 heavy (non-hydrogen) atoms. The van der Waals surface area contributed by atoms with Crippen LogP contribution in [0.3, 0.4) is 0 Å². The summed E-state index contributed by atoms with van der Waals surface area (Å²) in [6.45, 7) is 2.67. The van der Waals surface area contributed by atoms with Crippen LogP contribution in [-0.2, 0) is 23.1 Å². The molecule has 1 aliphatic carbocycles. The molecule has 2 heterocycles. The predicted molar refractivity (Wildman–Crippen MR) is 81.5 cm³/mol. The summed E-state index contributed by atoms with van der Waals surface area (Å²) in [5, 5.41) is 5.27. The van der Waals surface area contributed by atoms with Crippen molar-refractivity contribution in [3.05, 3.63) is 34.0 Å². The maximum atomic E-state index is 12.5. The molecule has 0 radical (unpaired) electrons. The summed E-state index contributed by atoms with van der Waals surface area (Å²) in [5.41, 5.74) is 1.54. The van der Waals surface area contributed by atoms with Gasteiger partial charge in [0.1, 0.15) is 4.90 Å². The summed E-state index contributed by atoms with van der Waals surface area (Å²) in [6, 6.07) is 0.556. The molecule has 2 aromatic rings. The Labute approximate surface area is 128 Å². The van der Waals surface area contributed by atoms with Gasteiger partial charge < -0.3 is 10.3 Å². The van der Waals surface area contributed by atoms with Crippen molar-refractivity contribution in [3.63, 3.8) is 0 Å². The summed E-state index contributed by atoms with van der Waals surface area (Å²) < 4.78 is 27.7. The monoisotopic (exact) mass is 326 g/mol. The first-order valence-corrected chi connectivity index (χ1v) is 9.20. The van der Waals surface area contributed by atoms with Crippen LogP contribution in [0.25, 0.3) is 0 Å². The van der Waals surface area contributed by atoms with E-state index in [9.17, 15) is 8.42 Å². The van der Waals surface area contributed by atoms with E-state index in [1.54, 1.807) is 6.20 Å². The van der Waals surface area contributed by atoms with Gasteiger partial charge in [-0.3, -0.25) is 0 Å². The standard InChI is InChI=1S/C13H18N4O2S2/c1-9-7-20-12(6-15-10-2-3-10)13(9)21(18,19)17-5-11-4-14-8-16-11/h4,7-8,10,15,17H,2-3,5-6H2,1H3,(H,14,16). The molecule has 0 bridgehead atoms. The van der Waals surface area contributed by atoms with Gasteiger partial charge in [0.15, 0.2) is 0 Å². The van der Waals surface area contributed by atoms with Crippen molar-refractivity contribution in [1.29, 1.82) is 0 Å². The Morgan fingerprint density at radius 1 is 1.43 bits per heavy atom. The number of thiophene rings is 1. The van der Waals surface area contributed by atoms with Crippen LogP contribution in [0.4, 0.5) is 0 Å². The number of nitrogens with one attached hydrogen (secondary N) is 3. The number of rotatable bonds is 7. The molecule has 3 rings (SSSR count). The molecule has 3 N–H and O–H groups in total. The van der Waals surface area contributed by atoms with Crippen molar-refractivity contribution in [2.45, 2.75) is 43.8 Å². The number of hydrogen-bond acceptors (Lipinski definition) is 5. The third-order valence-corrected chi connectivity index (χ3v) is 6.26. The lowest BCUT2D eigenvalue weighted by atomic mass is 10.3. The lowest BCUT2D eigenvalue weighted by Gasteiger charge is -2.09. The Balaban J connectivity index is 1.75. The molecule has 0 aliphatic heterocycles. The van der Waals surface area contributed by atoms with Gasteiger partial charge >= 0.3 is 0 Å². The summed E-state index contributed by atoms with van der Waals surface area (Å²) in [7, 11) is -3.51. The molecule has 6 nitrogen and oxygen atoms in total. The number of imidazole rings is 1. The van der Waals surface area contributed by atoms with Crippen LogP contribution in [0, 0.1) is 6.92 Å². The van der Waals surface area contributed by atoms with Crippen LogP contribution in [0.5, 0.6) is 0 Å². The van der Waals surface area contributed by atoms with E-state index in [0.29, 0.717) is 17.5 Å². The van der Waals surface area contributed by atoms with Crippen molar-refractivity contribution in [3.8, 4) is 0 Å². The molecule has 2 aromatic heterocycles. The van der Waals surface area contributed by atoms with Crippen LogP contribution in [0.2, 0.25) is 0 Å². The van der Waals surface area contributed by atoms with Crippen molar-refractivity contribution in [2.75, 3.05) is 0 Å². The van der Waals surface area contributed by atoms with E-state index in [4.69, 9.17) is 0 Å². The van der Waals surface area contributed by atoms with Gasteiger partial charge in [0.05, 0.1) is 12.9 Å². The molecule has 114 valence electrons. The molecule has 0 saturated heterocycles. The molecule has 0 amide bonds. The topological polar surface area (TPSA) is 86.9 Å². The minimum absolute atomic E-state index is 0.215. The maximum Gasteiger partial charge on any atom is 0.242 e. The second-order valence-electron chi connectivity index (χ2n) is 5.23. The minimum atomic E-state index is -3.51. The van der Waals surface area contributed by atoms with E-state index in [0.717, 1.165) is 16.1 Å². The minimum Gasteiger partial charge on any atom is -0.347 e. The van der Waals surface area contributed by atoms with Crippen molar-refractivity contribution < 1.29 is 8.42 Å². The molecular weight excluding hydrogens is 308 g/mol. The van der Waals surface area contributed by atoms with Gasteiger partial charge in [-0.2, -0.15) is 0 Å². The van der Waals surface area contributed by atoms with Crippen LogP contribution in [0.15, 0.2) is 22.8 Å². The molecule has 1 fully saturated rings. The molecule has 0 unspecified atom stereocenters. The third kappa shape index (κ3) is 3.52. The lowest BCUT2D eigenvalue weighted by Crippen LogP contribution is -2.25. The normalized spacial score (nSPS) is 15.5. The largest absolute Gasteiger partial charge is 0.347 e. The number of aromatic nitrogens is 2. The molecular formula is C13H18N4O2S2. The summed E-state index contributed by atoms with van der Waals surface area (Å²) >= 11 is 1.49. The fourth-order valence-corrected chi connectivity index (χ4v) is 4.89. The first-order valence-electron chi connectivity index (χ1n) is 6.83. The maximum absolute atomic E-state index is 12.5. The van der Waals surface area contributed by atoms with Crippen LogP contribution < -0.4 is 10.0 Å². The molecule has 0 spiro atoms. The van der Waals surface area contributed by atoms with E-state index < -0.39 is 10.0 Å². The Morgan fingerprint density at radius 3 is 2.90 bits per heavy atom. The van der Waals surface area contributed by atoms with Crippen molar-refractivity contribution >= 4 is 21.4 Å². The molecule has 0 atom stereocenters. The average molecular weight is 326 g/mol. The number of sulfonamides is 1. The predicted octanol–water partition coefficient (Wildman–Crippen LogP) is 1.51.